The molecule has 0 unspecified atom stereocenters. The molecule has 2 aliphatic heterocycles. The van der Waals surface area contributed by atoms with Crippen LogP contribution in [0.25, 0.3) is 21.5 Å². The van der Waals surface area contributed by atoms with E-state index in [1.54, 1.807) is 109 Å². The zero-order valence-electron chi connectivity index (χ0n) is 33.2. The topological polar surface area (TPSA) is 151 Å². The van der Waals surface area contributed by atoms with Crippen LogP contribution in [0.15, 0.2) is 190 Å². The van der Waals surface area contributed by atoms with Gasteiger partial charge in [-0.1, -0.05) is 121 Å². The Kier molecular flexibility index (Phi) is 11.7. The van der Waals surface area contributed by atoms with Gasteiger partial charge >= 0.3 is 15.5 Å². The highest BCUT2D eigenvalue weighted by molar-refractivity contribution is 7.53. The van der Waals surface area contributed by atoms with E-state index in [9.17, 15) is 9.13 Å². The Bertz CT molecular complexity index is 2560. The molecule has 0 aliphatic carbocycles. The molecule has 310 valence electrons. The first-order chi connectivity index (χ1) is 30.5. The minimum Gasteiger partial charge on any atom is -0.400 e. The molecule has 9 rings (SSSR count). The highest BCUT2D eigenvalue weighted by atomic mass is 31.2. The number of hydrogen-bond donors (Lipinski definition) is 2. The number of nitrogens with one attached hydrogen (secondary N) is 2. The Hall–Kier alpha value is -7.40. The molecule has 14 nitrogen and oxygen atoms in total. The molecule has 0 saturated heterocycles. The van der Waals surface area contributed by atoms with E-state index in [0.29, 0.717) is 36.1 Å². The smallest absolute Gasteiger partial charge is 0.400 e. The molecule has 0 saturated carbocycles. The van der Waals surface area contributed by atoms with Crippen molar-refractivity contribution in [3.05, 3.63) is 181 Å². The van der Waals surface area contributed by atoms with Gasteiger partial charge in [0.15, 0.2) is 0 Å². The number of para-hydroxylation sites is 4. The van der Waals surface area contributed by atoms with Crippen LogP contribution in [-0.2, 0) is 9.13 Å². The van der Waals surface area contributed by atoms with Gasteiger partial charge in [0.2, 0.25) is 11.9 Å². The number of aliphatic imine (C=N–C) groups is 2. The summed E-state index contributed by atoms with van der Waals surface area (Å²) in [6, 6.07) is 51.5. The number of rotatable bonds is 14. The van der Waals surface area contributed by atoms with Gasteiger partial charge in [-0.2, -0.15) is 10.2 Å². The van der Waals surface area contributed by atoms with E-state index in [1.165, 1.54) is 9.34 Å². The van der Waals surface area contributed by atoms with Crippen LogP contribution in [0.4, 0.5) is 0 Å². The Balaban J connectivity index is 0.983. The van der Waals surface area contributed by atoms with Crippen LogP contribution in [-0.4, -0.2) is 59.9 Å². The summed E-state index contributed by atoms with van der Waals surface area (Å²) in [5.41, 5.74) is 7.74. The lowest BCUT2D eigenvalue weighted by Gasteiger charge is -2.28. The minimum atomic E-state index is -4.02. The molecule has 7 aromatic rings. The Morgan fingerprint density at radius 3 is 1.00 bits per heavy atom. The monoisotopic (exact) mass is 862 g/mol. The number of guanidine groups is 2. The molecule has 2 aliphatic rings. The lowest BCUT2D eigenvalue weighted by atomic mass is 9.92. The molecular weight excluding hydrogens is 823 g/mol. The lowest BCUT2D eigenvalue weighted by Crippen LogP contribution is -2.36. The molecule has 62 heavy (non-hydrogen) atoms. The van der Waals surface area contributed by atoms with Crippen LogP contribution < -0.4 is 28.9 Å². The Morgan fingerprint density at radius 1 is 0.435 bits per heavy atom. The van der Waals surface area contributed by atoms with Crippen molar-refractivity contribution in [2.24, 2.45) is 20.2 Å². The summed E-state index contributed by atoms with van der Waals surface area (Å²) in [5.74, 6) is 2.05. The fraction of sp³-hybridized carbons (Fsp3) is 0.0870. The number of nitrogens with zero attached hydrogens (tertiary/aromatic N) is 6. The summed E-state index contributed by atoms with van der Waals surface area (Å²) in [5, 5.41) is 12.9. The van der Waals surface area contributed by atoms with Gasteiger partial charge in [0.05, 0.1) is 38.6 Å². The van der Waals surface area contributed by atoms with Crippen LogP contribution in [0.5, 0.6) is 23.0 Å². The molecule has 0 spiro atoms. The average molecular weight is 863 g/mol. The summed E-state index contributed by atoms with van der Waals surface area (Å²) < 4.78 is 56.6. The first kappa shape index (κ1) is 40.0. The molecule has 7 aromatic carbocycles. The highest BCUT2D eigenvalue weighted by Gasteiger charge is 2.43. The van der Waals surface area contributed by atoms with Crippen molar-refractivity contribution in [1.29, 1.82) is 0 Å². The van der Waals surface area contributed by atoms with Crippen LogP contribution in [0.3, 0.4) is 0 Å². The van der Waals surface area contributed by atoms with Gasteiger partial charge < -0.3 is 18.1 Å². The molecule has 0 atom stereocenters. The van der Waals surface area contributed by atoms with Gasteiger partial charge in [-0.15, -0.1) is 0 Å². The molecule has 0 bridgehead atoms. The third kappa shape index (κ3) is 8.74. The fourth-order valence-corrected chi connectivity index (χ4v) is 10.4. The van der Waals surface area contributed by atoms with E-state index in [-0.39, 0.29) is 25.0 Å². The van der Waals surface area contributed by atoms with E-state index in [4.69, 9.17) is 18.1 Å². The first-order valence-electron chi connectivity index (χ1n) is 19.8. The maximum Gasteiger partial charge on any atom is 0.546 e. The first-order valence-corrected chi connectivity index (χ1v) is 22.8. The lowest BCUT2D eigenvalue weighted by molar-refractivity contribution is 0.333. The zero-order chi connectivity index (χ0) is 42.2. The van der Waals surface area contributed by atoms with E-state index >= 15 is 0 Å². The largest absolute Gasteiger partial charge is 0.546 e. The SMILES string of the molecule is O=P(Oc1ccccc1)(Oc1ccccc1)N1CCN=C1N/N=C/c1c2ccccc2c(/C=N/NC2=NCCN2P(=O)(Oc2ccccc2)Oc2ccccc2)c2ccccc12. The molecule has 16 heteroatoms. The maximum atomic E-state index is 14.6. The standard InChI is InChI=1S/C46H40N8O6P2/c55-61(57-35-17-5-1-6-18-35,58-36-19-7-2-8-20-36)53-31-29-47-45(53)51-49-33-43-39-25-13-15-27-41(39)44(42-28-16-14-26-40(42)43)34-50-52-46-48-30-32-54(46)62(56,59-37-21-9-3-10-22-37)60-38-23-11-4-12-24-38/h1-28,33-34H,29-32H2,(H,47,51)(H,48,52)/b49-33+,50-34+. The van der Waals surface area contributed by atoms with Gasteiger partial charge in [0.25, 0.3) is 0 Å². The third-order valence-electron chi connectivity index (χ3n) is 9.81. The summed E-state index contributed by atoms with van der Waals surface area (Å²) in [6.45, 7) is 1.27. The minimum absolute atomic E-state index is 0.247. The second kappa shape index (κ2) is 18.1. The van der Waals surface area contributed by atoms with Gasteiger partial charge in [0, 0.05) is 11.1 Å². The van der Waals surface area contributed by atoms with Crippen molar-refractivity contribution in [3.63, 3.8) is 0 Å². The Labute approximate surface area is 358 Å². The number of benzene rings is 7. The van der Waals surface area contributed by atoms with Crippen molar-refractivity contribution >= 4 is 61.4 Å². The molecule has 2 N–H and O–H groups in total. The predicted octanol–water partition coefficient (Wildman–Crippen LogP) is 9.72. The van der Waals surface area contributed by atoms with Crippen molar-refractivity contribution in [2.45, 2.75) is 0 Å². The van der Waals surface area contributed by atoms with Gasteiger partial charge in [-0.05, 0) is 70.1 Å². The maximum absolute atomic E-state index is 14.6. The van der Waals surface area contributed by atoms with Gasteiger partial charge in [0.1, 0.15) is 23.0 Å². The fourth-order valence-electron chi connectivity index (χ4n) is 7.02. The zero-order valence-corrected chi connectivity index (χ0v) is 35.0. The van der Waals surface area contributed by atoms with Crippen LogP contribution in [0, 0.1) is 0 Å². The summed E-state index contributed by atoms with van der Waals surface area (Å²) in [6.07, 6.45) is 3.46. The van der Waals surface area contributed by atoms with Gasteiger partial charge in [-0.3, -0.25) is 0 Å². The predicted molar refractivity (Wildman–Crippen MR) is 244 cm³/mol. The number of fused-ring (bicyclic) bond motifs is 2. The summed E-state index contributed by atoms with van der Waals surface area (Å²) in [7, 11) is -8.05. The van der Waals surface area contributed by atoms with Crippen molar-refractivity contribution in [2.75, 3.05) is 26.2 Å². The van der Waals surface area contributed by atoms with Crippen molar-refractivity contribution in [3.8, 4) is 23.0 Å². The number of hydrogen-bond acceptors (Lipinski definition) is 12. The normalized spacial score (nSPS) is 14.3. The molecule has 0 radical (unpaired) electrons. The number of hydrazone groups is 2. The van der Waals surface area contributed by atoms with Crippen molar-refractivity contribution in [1.82, 2.24) is 20.2 Å². The van der Waals surface area contributed by atoms with E-state index in [0.717, 1.165) is 32.7 Å². The van der Waals surface area contributed by atoms with Crippen LogP contribution in [0.2, 0.25) is 0 Å². The second-order valence-electron chi connectivity index (χ2n) is 13.9. The van der Waals surface area contributed by atoms with Crippen LogP contribution in [0.1, 0.15) is 11.1 Å². The molecule has 0 aromatic heterocycles. The van der Waals surface area contributed by atoms with Gasteiger partial charge in [-0.25, -0.2) is 39.3 Å². The van der Waals surface area contributed by atoms with E-state index < -0.39 is 15.5 Å². The third-order valence-corrected chi connectivity index (χ3v) is 13.5. The molecule has 2 heterocycles. The molecular formula is C46H40N8O6P2. The summed E-state index contributed by atoms with van der Waals surface area (Å²) >= 11 is 0. The quantitative estimate of drug-likeness (QED) is 0.0468. The molecule has 0 amide bonds. The average Bonchev–Trinajstić information content (AvgIpc) is 4.00. The second-order valence-corrected chi connectivity index (χ2v) is 17.4. The Morgan fingerprint density at radius 2 is 0.710 bits per heavy atom. The van der Waals surface area contributed by atoms with E-state index in [2.05, 4.69) is 31.0 Å². The van der Waals surface area contributed by atoms with E-state index in [1.807, 2.05) is 72.8 Å². The van der Waals surface area contributed by atoms with Crippen LogP contribution >= 0.6 is 15.5 Å². The summed E-state index contributed by atoms with van der Waals surface area (Å²) in [4.78, 5) is 9.16. The molecule has 0 fully saturated rings. The van der Waals surface area contributed by atoms with Crippen molar-refractivity contribution < 1.29 is 27.2 Å². The highest BCUT2D eigenvalue weighted by Crippen LogP contribution is 2.54.